The maximum Gasteiger partial charge on any atom is 0.573 e. The molecule has 2 aromatic carbocycles. The third kappa shape index (κ3) is 8.12. The van der Waals surface area contributed by atoms with Gasteiger partial charge in [0.1, 0.15) is 11.5 Å². The zero-order chi connectivity index (χ0) is 21.4. The van der Waals surface area contributed by atoms with Crippen molar-refractivity contribution >= 4 is 17.6 Å². The van der Waals surface area contributed by atoms with Crippen LogP contribution < -0.4 is 14.8 Å². The fourth-order valence-corrected chi connectivity index (χ4v) is 2.26. The zero-order valence-corrected chi connectivity index (χ0v) is 15.8. The lowest BCUT2D eigenvalue weighted by Gasteiger charge is -2.11. The minimum absolute atomic E-state index is 0.0376. The monoisotopic (exact) mass is 411 g/mol. The van der Waals surface area contributed by atoms with Gasteiger partial charge in [-0.15, -0.1) is 13.2 Å². The van der Waals surface area contributed by atoms with Crippen LogP contribution in [0, 0.1) is 13.8 Å². The maximum atomic E-state index is 12.1. The van der Waals surface area contributed by atoms with Gasteiger partial charge in [0.15, 0.2) is 6.61 Å². The summed E-state index contributed by atoms with van der Waals surface area (Å²) in [6, 6.07) is 10.3. The number of rotatable bonds is 8. The maximum absolute atomic E-state index is 12.1. The molecule has 0 fully saturated rings. The lowest BCUT2D eigenvalue weighted by Crippen LogP contribution is -2.21. The average molecular weight is 411 g/mol. The summed E-state index contributed by atoms with van der Waals surface area (Å²) in [5.41, 5.74) is 2.21. The smallest absolute Gasteiger partial charge is 0.493 e. The van der Waals surface area contributed by atoms with Gasteiger partial charge in [-0.2, -0.15) is 0 Å². The average Bonchev–Trinajstić information content (AvgIpc) is 2.63. The molecule has 0 saturated heterocycles. The van der Waals surface area contributed by atoms with Crippen molar-refractivity contribution < 1.29 is 37.0 Å². The molecule has 2 aromatic rings. The molecular weight excluding hydrogens is 391 g/mol. The Balaban J connectivity index is 1.70. The van der Waals surface area contributed by atoms with Gasteiger partial charge in [0.25, 0.3) is 5.91 Å². The second-order valence-corrected chi connectivity index (χ2v) is 6.15. The van der Waals surface area contributed by atoms with Crippen molar-refractivity contribution in [2.45, 2.75) is 26.6 Å². The first-order valence-electron chi connectivity index (χ1n) is 8.64. The quantitative estimate of drug-likeness (QED) is 0.661. The van der Waals surface area contributed by atoms with Crippen LogP contribution >= 0.6 is 0 Å². The summed E-state index contributed by atoms with van der Waals surface area (Å²) in [5, 5.41) is 2.40. The third-order valence-corrected chi connectivity index (χ3v) is 3.64. The predicted molar refractivity (Wildman–Crippen MR) is 98.7 cm³/mol. The number of carbonyl (C=O) groups is 2. The van der Waals surface area contributed by atoms with Crippen LogP contribution in [0.1, 0.15) is 17.5 Å². The normalized spacial score (nSPS) is 10.9. The van der Waals surface area contributed by atoms with E-state index in [1.54, 1.807) is 0 Å². The molecule has 156 valence electrons. The number of hydrogen-bond acceptors (Lipinski definition) is 5. The molecule has 0 aliphatic heterocycles. The van der Waals surface area contributed by atoms with Crippen molar-refractivity contribution in [2.24, 2.45) is 0 Å². The lowest BCUT2D eigenvalue weighted by atomic mass is 10.1. The van der Waals surface area contributed by atoms with Gasteiger partial charge in [-0.25, -0.2) is 0 Å². The molecule has 0 saturated carbocycles. The van der Waals surface area contributed by atoms with E-state index in [1.807, 2.05) is 32.0 Å². The van der Waals surface area contributed by atoms with Crippen LogP contribution in [0.25, 0.3) is 0 Å². The van der Waals surface area contributed by atoms with Gasteiger partial charge < -0.3 is 19.5 Å². The summed E-state index contributed by atoms with van der Waals surface area (Å²) in [7, 11) is 0. The van der Waals surface area contributed by atoms with Crippen molar-refractivity contribution in [1.29, 1.82) is 0 Å². The van der Waals surface area contributed by atoms with Crippen molar-refractivity contribution in [1.82, 2.24) is 0 Å². The number of nitrogens with one attached hydrogen (secondary N) is 1. The van der Waals surface area contributed by atoms with E-state index < -0.39 is 30.6 Å². The van der Waals surface area contributed by atoms with Gasteiger partial charge in [0, 0.05) is 5.69 Å². The van der Waals surface area contributed by atoms with Gasteiger partial charge >= 0.3 is 12.3 Å². The Morgan fingerprint density at radius 1 is 1.03 bits per heavy atom. The van der Waals surface area contributed by atoms with E-state index in [4.69, 9.17) is 9.47 Å². The molecule has 2 rings (SSSR count). The summed E-state index contributed by atoms with van der Waals surface area (Å²) in [6.45, 7) is 3.39. The fourth-order valence-electron chi connectivity index (χ4n) is 2.26. The number of ether oxygens (including phenoxy) is 3. The molecule has 0 spiro atoms. The van der Waals surface area contributed by atoms with Gasteiger partial charge in [0.2, 0.25) is 0 Å². The molecular formula is C20H20F3NO5. The summed E-state index contributed by atoms with van der Waals surface area (Å²) in [6.07, 6.45) is -4.83. The van der Waals surface area contributed by atoms with E-state index in [1.165, 1.54) is 12.1 Å². The van der Waals surface area contributed by atoms with Crippen molar-refractivity contribution in [2.75, 3.05) is 18.5 Å². The van der Waals surface area contributed by atoms with E-state index >= 15 is 0 Å². The summed E-state index contributed by atoms with van der Waals surface area (Å²) < 4.78 is 50.4. The summed E-state index contributed by atoms with van der Waals surface area (Å²) in [4.78, 5) is 23.5. The van der Waals surface area contributed by atoms with Crippen molar-refractivity contribution in [3.63, 3.8) is 0 Å². The number of alkyl halides is 3. The van der Waals surface area contributed by atoms with Crippen molar-refractivity contribution in [3.8, 4) is 11.5 Å². The molecule has 0 atom stereocenters. The van der Waals surface area contributed by atoms with Crippen LogP contribution in [0.5, 0.6) is 11.5 Å². The Bertz CT molecular complexity index is 850. The standard InChI is InChI=1S/C20H20F3NO5/c1-13-3-4-14(2)17(11-13)27-10-9-19(26)28-12-18(25)24-15-5-7-16(8-6-15)29-20(21,22)23/h3-8,11H,9-10,12H2,1-2H3,(H,24,25). The number of esters is 1. The van der Waals surface area contributed by atoms with Crippen LogP contribution in [-0.2, 0) is 14.3 Å². The van der Waals surface area contributed by atoms with Gasteiger partial charge in [0.05, 0.1) is 13.0 Å². The van der Waals surface area contributed by atoms with Crippen molar-refractivity contribution in [3.05, 3.63) is 53.6 Å². The second-order valence-electron chi connectivity index (χ2n) is 6.15. The van der Waals surface area contributed by atoms with E-state index in [-0.39, 0.29) is 18.7 Å². The first kappa shape index (κ1) is 22.1. The first-order valence-corrected chi connectivity index (χ1v) is 8.64. The molecule has 6 nitrogen and oxygen atoms in total. The predicted octanol–water partition coefficient (Wildman–Crippen LogP) is 4.15. The minimum Gasteiger partial charge on any atom is -0.493 e. The highest BCUT2D eigenvalue weighted by molar-refractivity contribution is 5.92. The number of carbonyl (C=O) groups excluding carboxylic acids is 2. The highest BCUT2D eigenvalue weighted by Crippen LogP contribution is 2.24. The SMILES string of the molecule is Cc1ccc(C)c(OCCC(=O)OCC(=O)Nc2ccc(OC(F)(F)F)cc2)c1. The number of aryl methyl sites for hydroxylation is 2. The number of anilines is 1. The molecule has 0 aliphatic rings. The van der Waals surface area contributed by atoms with Crippen LogP contribution in [0.15, 0.2) is 42.5 Å². The topological polar surface area (TPSA) is 73.9 Å². The number of benzene rings is 2. The van der Waals surface area contributed by atoms with Gasteiger partial charge in [-0.1, -0.05) is 12.1 Å². The number of halogens is 3. The third-order valence-electron chi connectivity index (χ3n) is 3.64. The molecule has 0 bridgehead atoms. The molecule has 0 aromatic heterocycles. The molecule has 9 heteroatoms. The van der Waals surface area contributed by atoms with Gasteiger partial charge in [-0.3, -0.25) is 9.59 Å². The lowest BCUT2D eigenvalue weighted by molar-refractivity contribution is -0.274. The van der Waals surface area contributed by atoms with E-state index in [0.29, 0.717) is 5.75 Å². The highest BCUT2D eigenvalue weighted by Gasteiger charge is 2.30. The second kappa shape index (κ2) is 9.81. The largest absolute Gasteiger partial charge is 0.573 e. The van der Waals surface area contributed by atoms with Gasteiger partial charge in [-0.05, 0) is 55.3 Å². The molecule has 0 aliphatic carbocycles. The van der Waals surface area contributed by atoms with Crippen LogP contribution in [0.3, 0.4) is 0 Å². The Morgan fingerprint density at radius 3 is 2.38 bits per heavy atom. The molecule has 0 heterocycles. The van der Waals surface area contributed by atoms with E-state index in [2.05, 4.69) is 10.1 Å². The zero-order valence-electron chi connectivity index (χ0n) is 15.8. The first-order chi connectivity index (χ1) is 13.6. The van der Waals surface area contributed by atoms with Crippen LogP contribution in [0.2, 0.25) is 0 Å². The minimum atomic E-state index is -4.79. The Hall–Kier alpha value is -3.23. The summed E-state index contributed by atoms with van der Waals surface area (Å²) in [5.74, 6) is -0.975. The van der Waals surface area contributed by atoms with Crippen LogP contribution in [0.4, 0.5) is 18.9 Å². The highest BCUT2D eigenvalue weighted by atomic mass is 19.4. The van der Waals surface area contributed by atoms with Crippen LogP contribution in [-0.4, -0.2) is 31.5 Å². The molecule has 0 radical (unpaired) electrons. The Labute approximate surface area is 165 Å². The number of hydrogen-bond donors (Lipinski definition) is 1. The molecule has 1 amide bonds. The molecule has 1 N–H and O–H groups in total. The Morgan fingerprint density at radius 2 is 1.72 bits per heavy atom. The van der Waals surface area contributed by atoms with E-state index in [9.17, 15) is 22.8 Å². The fraction of sp³-hybridized carbons (Fsp3) is 0.300. The molecule has 29 heavy (non-hydrogen) atoms. The molecule has 0 unspecified atom stereocenters. The Kier molecular flexibility index (Phi) is 7.46. The number of amides is 1. The summed E-state index contributed by atoms with van der Waals surface area (Å²) >= 11 is 0. The van der Waals surface area contributed by atoms with E-state index in [0.717, 1.165) is 23.3 Å².